The van der Waals surface area contributed by atoms with E-state index in [1.54, 1.807) is 0 Å². The Morgan fingerprint density at radius 2 is 2.07 bits per heavy atom. The summed E-state index contributed by atoms with van der Waals surface area (Å²) in [6.45, 7) is 5.77. The molecule has 0 saturated carbocycles. The summed E-state index contributed by atoms with van der Waals surface area (Å²) in [7, 11) is 0. The molecule has 6 heteroatoms. The van der Waals surface area contributed by atoms with Crippen molar-refractivity contribution in [2.24, 2.45) is 5.92 Å². The standard InChI is InChI=1S/C21H29N3O3/c1-3-5-12-19-22-17-10-6-7-11-18(17)24(19)15-20(25)23-13-8-9-16(14-23)21(26)27-4-2/h6-7,10-11,16H,3-5,8-9,12-15H2,1-2H3. The molecule has 146 valence electrons. The van der Waals surface area contributed by atoms with Gasteiger partial charge in [0, 0.05) is 19.5 Å². The van der Waals surface area contributed by atoms with E-state index in [4.69, 9.17) is 9.72 Å². The van der Waals surface area contributed by atoms with Crippen LogP contribution in [-0.2, 0) is 27.3 Å². The molecular formula is C21H29N3O3. The highest BCUT2D eigenvalue weighted by atomic mass is 16.5. The van der Waals surface area contributed by atoms with Gasteiger partial charge in [0.15, 0.2) is 0 Å². The summed E-state index contributed by atoms with van der Waals surface area (Å²) in [6.07, 6.45) is 4.63. The average molecular weight is 371 g/mol. The Morgan fingerprint density at radius 3 is 2.85 bits per heavy atom. The van der Waals surface area contributed by atoms with E-state index in [9.17, 15) is 9.59 Å². The minimum Gasteiger partial charge on any atom is -0.466 e. The minimum absolute atomic E-state index is 0.0462. The Bertz CT molecular complexity index is 799. The molecular weight excluding hydrogens is 342 g/mol. The fraction of sp³-hybridized carbons (Fsp3) is 0.571. The second-order valence-electron chi connectivity index (χ2n) is 7.14. The van der Waals surface area contributed by atoms with Crippen molar-refractivity contribution in [2.75, 3.05) is 19.7 Å². The third-order valence-electron chi connectivity index (χ3n) is 5.17. The molecule has 0 aliphatic carbocycles. The van der Waals surface area contributed by atoms with Crippen LogP contribution >= 0.6 is 0 Å². The van der Waals surface area contributed by atoms with E-state index in [1.807, 2.05) is 40.7 Å². The number of aromatic nitrogens is 2. The van der Waals surface area contributed by atoms with Gasteiger partial charge >= 0.3 is 5.97 Å². The lowest BCUT2D eigenvalue weighted by Gasteiger charge is -2.31. The molecule has 1 saturated heterocycles. The van der Waals surface area contributed by atoms with E-state index in [-0.39, 0.29) is 24.3 Å². The molecule has 3 rings (SSSR count). The van der Waals surface area contributed by atoms with Crippen molar-refractivity contribution in [1.82, 2.24) is 14.5 Å². The number of rotatable bonds is 7. The molecule has 1 unspecified atom stereocenters. The van der Waals surface area contributed by atoms with E-state index in [2.05, 4.69) is 6.92 Å². The van der Waals surface area contributed by atoms with Crippen LogP contribution in [0.25, 0.3) is 11.0 Å². The summed E-state index contributed by atoms with van der Waals surface area (Å²) < 4.78 is 7.19. The van der Waals surface area contributed by atoms with Crippen molar-refractivity contribution in [3.63, 3.8) is 0 Å². The number of para-hydroxylation sites is 2. The highest BCUT2D eigenvalue weighted by Crippen LogP contribution is 2.21. The molecule has 1 aliphatic heterocycles. The first-order chi connectivity index (χ1) is 13.1. The Kier molecular flexibility index (Phi) is 6.48. The number of aryl methyl sites for hydroxylation is 1. The molecule has 0 radical (unpaired) electrons. The van der Waals surface area contributed by atoms with Crippen LogP contribution in [0.3, 0.4) is 0 Å². The number of carbonyl (C=O) groups is 2. The molecule has 1 aromatic heterocycles. The summed E-state index contributed by atoms with van der Waals surface area (Å²) in [5.74, 6) is 0.615. The third kappa shape index (κ3) is 4.49. The van der Waals surface area contributed by atoms with Crippen LogP contribution in [-0.4, -0.2) is 46.0 Å². The number of unbranched alkanes of at least 4 members (excludes halogenated alkanes) is 1. The van der Waals surface area contributed by atoms with Gasteiger partial charge in [-0.25, -0.2) is 4.98 Å². The number of benzene rings is 1. The van der Waals surface area contributed by atoms with Gasteiger partial charge in [0.2, 0.25) is 5.91 Å². The number of hydrogen-bond acceptors (Lipinski definition) is 4. The Balaban J connectivity index is 1.76. The molecule has 0 bridgehead atoms. The number of imidazole rings is 1. The van der Waals surface area contributed by atoms with Crippen LogP contribution in [0, 0.1) is 5.92 Å². The second-order valence-corrected chi connectivity index (χ2v) is 7.14. The van der Waals surface area contributed by atoms with Gasteiger partial charge in [-0.05, 0) is 38.3 Å². The monoisotopic (exact) mass is 371 g/mol. The predicted octanol–water partition coefficient (Wildman–Crippen LogP) is 3.18. The third-order valence-corrected chi connectivity index (χ3v) is 5.17. The van der Waals surface area contributed by atoms with Crippen molar-refractivity contribution in [3.8, 4) is 0 Å². The van der Waals surface area contributed by atoms with E-state index >= 15 is 0 Å². The van der Waals surface area contributed by atoms with E-state index in [0.717, 1.165) is 49.0 Å². The Labute approximate surface area is 160 Å². The van der Waals surface area contributed by atoms with Crippen LogP contribution in [0.2, 0.25) is 0 Å². The highest BCUT2D eigenvalue weighted by Gasteiger charge is 2.29. The smallest absolute Gasteiger partial charge is 0.310 e. The van der Waals surface area contributed by atoms with Gasteiger partial charge in [-0.1, -0.05) is 25.5 Å². The minimum atomic E-state index is -0.207. The molecule has 1 aromatic carbocycles. The van der Waals surface area contributed by atoms with Crippen molar-refractivity contribution >= 4 is 22.9 Å². The highest BCUT2D eigenvalue weighted by molar-refractivity contribution is 5.82. The Morgan fingerprint density at radius 1 is 1.26 bits per heavy atom. The number of carbonyl (C=O) groups excluding carboxylic acids is 2. The van der Waals surface area contributed by atoms with Crippen LogP contribution in [0.15, 0.2) is 24.3 Å². The van der Waals surface area contributed by atoms with Crippen molar-refractivity contribution in [3.05, 3.63) is 30.1 Å². The normalized spacial score (nSPS) is 17.3. The number of fused-ring (bicyclic) bond motifs is 1. The molecule has 1 atom stereocenters. The number of nitrogens with zero attached hydrogens (tertiary/aromatic N) is 3. The zero-order valence-electron chi connectivity index (χ0n) is 16.3. The maximum Gasteiger partial charge on any atom is 0.310 e. The van der Waals surface area contributed by atoms with Gasteiger partial charge in [0.1, 0.15) is 12.4 Å². The number of amides is 1. The predicted molar refractivity (Wildman–Crippen MR) is 104 cm³/mol. The van der Waals surface area contributed by atoms with Crippen molar-refractivity contribution in [1.29, 1.82) is 0 Å². The van der Waals surface area contributed by atoms with Gasteiger partial charge in [-0.3, -0.25) is 9.59 Å². The summed E-state index contributed by atoms with van der Waals surface area (Å²) in [4.78, 5) is 31.6. The molecule has 1 fully saturated rings. The SMILES string of the molecule is CCCCc1nc2ccccc2n1CC(=O)N1CCCC(C(=O)OCC)C1. The number of likely N-dealkylation sites (tertiary alicyclic amines) is 1. The first-order valence-electron chi connectivity index (χ1n) is 10.0. The lowest BCUT2D eigenvalue weighted by atomic mass is 9.98. The van der Waals surface area contributed by atoms with Crippen molar-refractivity contribution < 1.29 is 14.3 Å². The summed E-state index contributed by atoms with van der Waals surface area (Å²) in [5.41, 5.74) is 1.93. The summed E-state index contributed by atoms with van der Waals surface area (Å²) in [5, 5.41) is 0. The van der Waals surface area contributed by atoms with Crippen LogP contribution < -0.4 is 0 Å². The second kappa shape index (κ2) is 9.02. The molecule has 0 N–H and O–H groups in total. The van der Waals surface area contributed by atoms with Gasteiger partial charge in [0.05, 0.1) is 23.6 Å². The van der Waals surface area contributed by atoms with E-state index < -0.39 is 0 Å². The zero-order chi connectivity index (χ0) is 19.2. The largest absolute Gasteiger partial charge is 0.466 e. The van der Waals surface area contributed by atoms with E-state index in [1.165, 1.54) is 0 Å². The number of hydrogen-bond donors (Lipinski definition) is 0. The maximum absolute atomic E-state index is 13.0. The number of ether oxygens (including phenoxy) is 1. The number of esters is 1. The maximum atomic E-state index is 13.0. The van der Waals surface area contributed by atoms with Gasteiger partial charge < -0.3 is 14.2 Å². The van der Waals surface area contributed by atoms with Gasteiger partial charge in [-0.15, -0.1) is 0 Å². The van der Waals surface area contributed by atoms with E-state index in [0.29, 0.717) is 19.7 Å². The Hall–Kier alpha value is -2.37. The first kappa shape index (κ1) is 19.4. The molecule has 2 aromatic rings. The fourth-order valence-electron chi connectivity index (χ4n) is 3.72. The van der Waals surface area contributed by atoms with Gasteiger partial charge in [-0.2, -0.15) is 0 Å². The molecule has 1 aliphatic rings. The van der Waals surface area contributed by atoms with Crippen LogP contribution in [0.4, 0.5) is 0 Å². The lowest BCUT2D eigenvalue weighted by Crippen LogP contribution is -2.44. The molecule has 27 heavy (non-hydrogen) atoms. The topological polar surface area (TPSA) is 64.4 Å². The molecule has 1 amide bonds. The zero-order valence-corrected chi connectivity index (χ0v) is 16.3. The van der Waals surface area contributed by atoms with Gasteiger partial charge in [0.25, 0.3) is 0 Å². The fourth-order valence-corrected chi connectivity index (χ4v) is 3.72. The first-order valence-corrected chi connectivity index (χ1v) is 10.0. The summed E-state index contributed by atoms with van der Waals surface area (Å²) in [6, 6.07) is 7.96. The molecule has 0 spiro atoms. The average Bonchev–Trinajstić information content (AvgIpc) is 3.04. The summed E-state index contributed by atoms with van der Waals surface area (Å²) >= 11 is 0. The number of piperidine rings is 1. The van der Waals surface area contributed by atoms with Crippen LogP contribution in [0.5, 0.6) is 0 Å². The lowest BCUT2D eigenvalue weighted by molar-refractivity contribution is -0.151. The molecule has 6 nitrogen and oxygen atoms in total. The van der Waals surface area contributed by atoms with Crippen LogP contribution in [0.1, 0.15) is 45.4 Å². The van der Waals surface area contributed by atoms with Crippen molar-refractivity contribution in [2.45, 2.75) is 52.5 Å². The molecule has 2 heterocycles. The quantitative estimate of drug-likeness (QED) is 0.701.